The molecule has 0 saturated carbocycles. The standard InChI is InChI=1S/C22H31N5O5S/c1-15-17(22(30)27(2)26-15)14-20(28)25-18(16-8-4-3-5-9-16)10-6-12-23-21(29)19-11-7-13-24-33(19,31)32/h3-5,8-9,17-19,24H,6-7,10-14H2,1-2H3,(H,23,29)(H,25,28). The van der Waals surface area contributed by atoms with Crippen molar-refractivity contribution in [3.05, 3.63) is 35.9 Å². The first kappa shape index (κ1) is 24.8. The highest BCUT2D eigenvalue weighted by atomic mass is 32.2. The van der Waals surface area contributed by atoms with Gasteiger partial charge in [0.25, 0.3) is 5.91 Å². The number of carbonyl (C=O) groups is 3. The quantitative estimate of drug-likeness (QED) is 0.449. The number of nitrogens with one attached hydrogen (secondary N) is 3. The van der Waals surface area contributed by atoms with Gasteiger partial charge >= 0.3 is 0 Å². The zero-order valence-electron chi connectivity index (χ0n) is 18.9. The summed E-state index contributed by atoms with van der Waals surface area (Å²) in [6.07, 6.45) is 2.03. The Bertz CT molecular complexity index is 1010. The van der Waals surface area contributed by atoms with Crippen LogP contribution in [0, 0.1) is 5.92 Å². The van der Waals surface area contributed by atoms with E-state index in [1.165, 1.54) is 5.01 Å². The van der Waals surface area contributed by atoms with Gasteiger partial charge in [0.1, 0.15) is 0 Å². The molecule has 3 N–H and O–H groups in total. The SMILES string of the molecule is CC1=NN(C)C(=O)C1CC(=O)NC(CCCNC(=O)C1CCCNS1(=O)=O)c1ccccc1. The molecule has 2 heterocycles. The summed E-state index contributed by atoms with van der Waals surface area (Å²) in [5.41, 5.74) is 1.53. The summed E-state index contributed by atoms with van der Waals surface area (Å²) in [6.45, 7) is 2.39. The van der Waals surface area contributed by atoms with Crippen molar-refractivity contribution in [2.45, 2.75) is 50.3 Å². The normalized spacial score (nSPS) is 23.0. The highest BCUT2D eigenvalue weighted by molar-refractivity contribution is 7.90. The Morgan fingerprint density at radius 2 is 2.00 bits per heavy atom. The largest absolute Gasteiger partial charge is 0.355 e. The number of hydrogen-bond acceptors (Lipinski definition) is 6. The maximum Gasteiger partial charge on any atom is 0.251 e. The average molecular weight is 478 g/mol. The van der Waals surface area contributed by atoms with E-state index >= 15 is 0 Å². The molecule has 3 atom stereocenters. The van der Waals surface area contributed by atoms with Crippen molar-refractivity contribution in [1.82, 2.24) is 20.4 Å². The predicted octanol–water partition coefficient (Wildman–Crippen LogP) is 0.676. The number of nitrogens with zero attached hydrogens (tertiary/aromatic N) is 2. The number of amides is 3. The molecule has 1 aromatic carbocycles. The molecule has 0 bridgehead atoms. The van der Waals surface area contributed by atoms with Crippen LogP contribution in [-0.4, -0.2) is 62.2 Å². The minimum absolute atomic E-state index is 0.0190. The van der Waals surface area contributed by atoms with Gasteiger partial charge in [-0.15, -0.1) is 0 Å². The molecule has 3 unspecified atom stereocenters. The fourth-order valence-corrected chi connectivity index (χ4v) is 5.57. The highest BCUT2D eigenvalue weighted by Gasteiger charge is 2.35. The minimum Gasteiger partial charge on any atom is -0.355 e. The summed E-state index contributed by atoms with van der Waals surface area (Å²) >= 11 is 0. The molecule has 0 radical (unpaired) electrons. The number of benzene rings is 1. The summed E-state index contributed by atoms with van der Waals surface area (Å²) in [6, 6.07) is 9.15. The van der Waals surface area contributed by atoms with E-state index in [1.807, 2.05) is 30.3 Å². The van der Waals surface area contributed by atoms with Crippen molar-refractivity contribution in [2.24, 2.45) is 11.0 Å². The first-order chi connectivity index (χ1) is 15.7. The average Bonchev–Trinajstić information content (AvgIpc) is 3.01. The Labute approximate surface area is 194 Å². The van der Waals surface area contributed by atoms with E-state index in [2.05, 4.69) is 20.5 Å². The van der Waals surface area contributed by atoms with Gasteiger partial charge in [0.15, 0.2) is 5.25 Å². The molecule has 0 aliphatic carbocycles. The van der Waals surface area contributed by atoms with Crippen molar-refractivity contribution >= 4 is 33.5 Å². The van der Waals surface area contributed by atoms with Gasteiger partial charge in [-0.2, -0.15) is 5.10 Å². The molecule has 33 heavy (non-hydrogen) atoms. The fourth-order valence-electron chi connectivity index (χ4n) is 4.10. The summed E-state index contributed by atoms with van der Waals surface area (Å²) in [5.74, 6) is -1.51. The molecular weight excluding hydrogens is 446 g/mol. The van der Waals surface area contributed by atoms with Gasteiger partial charge in [-0.25, -0.2) is 18.1 Å². The second-order valence-electron chi connectivity index (χ2n) is 8.39. The van der Waals surface area contributed by atoms with E-state index in [1.54, 1.807) is 14.0 Å². The number of carbonyl (C=O) groups excluding carboxylic acids is 3. The van der Waals surface area contributed by atoms with E-state index in [4.69, 9.17) is 0 Å². The Morgan fingerprint density at radius 3 is 2.64 bits per heavy atom. The fraction of sp³-hybridized carbons (Fsp3) is 0.545. The number of hydrogen-bond donors (Lipinski definition) is 3. The van der Waals surface area contributed by atoms with Crippen LogP contribution in [0.1, 0.15) is 50.6 Å². The molecule has 11 heteroatoms. The molecule has 180 valence electrons. The molecule has 3 rings (SSSR count). The van der Waals surface area contributed by atoms with E-state index in [0.29, 0.717) is 44.5 Å². The van der Waals surface area contributed by atoms with Crippen molar-refractivity contribution < 1.29 is 22.8 Å². The van der Waals surface area contributed by atoms with E-state index < -0.39 is 27.1 Å². The minimum atomic E-state index is -3.62. The van der Waals surface area contributed by atoms with Crippen molar-refractivity contribution in [2.75, 3.05) is 20.1 Å². The van der Waals surface area contributed by atoms with E-state index in [-0.39, 0.29) is 24.3 Å². The number of rotatable bonds is 9. The van der Waals surface area contributed by atoms with Crippen LogP contribution in [-0.2, 0) is 24.4 Å². The first-order valence-electron chi connectivity index (χ1n) is 11.1. The van der Waals surface area contributed by atoms with Crippen molar-refractivity contribution in [1.29, 1.82) is 0 Å². The first-order valence-corrected chi connectivity index (χ1v) is 12.7. The highest BCUT2D eigenvalue weighted by Crippen LogP contribution is 2.21. The van der Waals surface area contributed by atoms with Crippen LogP contribution >= 0.6 is 0 Å². The Hall–Kier alpha value is -2.79. The summed E-state index contributed by atoms with van der Waals surface area (Å²) in [4.78, 5) is 37.3. The van der Waals surface area contributed by atoms with Crippen molar-refractivity contribution in [3.63, 3.8) is 0 Å². The maximum absolute atomic E-state index is 12.7. The third-order valence-electron chi connectivity index (χ3n) is 5.94. The van der Waals surface area contributed by atoms with Crippen molar-refractivity contribution in [3.8, 4) is 0 Å². The number of sulfonamides is 1. The molecule has 10 nitrogen and oxygen atoms in total. The van der Waals surface area contributed by atoms with E-state index in [0.717, 1.165) is 5.56 Å². The topological polar surface area (TPSA) is 137 Å². The van der Waals surface area contributed by atoms with Crippen LogP contribution in [0.4, 0.5) is 0 Å². The Balaban J connectivity index is 1.54. The van der Waals surface area contributed by atoms with Gasteiger partial charge in [-0.1, -0.05) is 30.3 Å². The molecular formula is C22H31N5O5S. The van der Waals surface area contributed by atoms with Gasteiger partial charge < -0.3 is 10.6 Å². The smallest absolute Gasteiger partial charge is 0.251 e. The zero-order valence-corrected chi connectivity index (χ0v) is 19.7. The third-order valence-corrected chi connectivity index (χ3v) is 7.74. The monoisotopic (exact) mass is 477 g/mol. The molecule has 2 aliphatic heterocycles. The van der Waals surface area contributed by atoms with Crippen LogP contribution in [0.15, 0.2) is 35.4 Å². The zero-order chi connectivity index (χ0) is 24.0. The molecule has 0 spiro atoms. The molecule has 1 fully saturated rings. The molecule has 1 saturated heterocycles. The lowest BCUT2D eigenvalue weighted by Gasteiger charge is -2.23. The lowest BCUT2D eigenvalue weighted by atomic mass is 9.98. The van der Waals surface area contributed by atoms with Gasteiger partial charge in [0, 0.05) is 32.3 Å². The molecule has 0 aromatic heterocycles. The lowest BCUT2D eigenvalue weighted by Crippen LogP contribution is -2.48. The predicted molar refractivity (Wildman–Crippen MR) is 123 cm³/mol. The molecule has 2 aliphatic rings. The van der Waals surface area contributed by atoms with Gasteiger partial charge in [-0.05, 0) is 38.2 Å². The third kappa shape index (κ3) is 6.38. The summed E-state index contributed by atoms with van der Waals surface area (Å²) < 4.78 is 26.5. The summed E-state index contributed by atoms with van der Waals surface area (Å²) in [5, 5.41) is 9.99. The van der Waals surface area contributed by atoms with Gasteiger partial charge in [0.05, 0.1) is 12.0 Å². The molecule has 1 aromatic rings. The second-order valence-corrected chi connectivity index (χ2v) is 10.3. The molecule has 3 amide bonds. The Morgan fingerprint density at radius 1 is 1.27 bits per heavy atom. The number of hydrazone groups is 1. The van der Waals surface area contributed by atoms with Crippen LogP contribution < -0.4 is 15.4 Å². The van der Waals surface area contributed by atoms with Crippen LogP contribution in [0.2, 0.25) is 0 Å². The van der Waals surface area contributed by atoms with Gasteiger partial charge in [-0.3, -0.25) is 14.4 Å². The maximum atomic E-state index is 12.7. The van der Waals surface area contributed by atoms with Gasteiger partial charge in [0.2, 0.25) is 21.8 Å². The Kier molecular flexibility index (Phi) is 8.20. The van der Waals surface area contributed by atoms with Crippen LogP contribution in [0.5, 0.6) is 0 Å². The lowest BCUT2D eigenvalue weighted by molar-refractivity contribution is -0.133. The van der Waals surface area contributed by atoms with Crippen LogP contribution in [0.25, 0.3) is 0 Å². The summed E-state index contributed by atoms with van der Waals surface area (Å²) in [7, 11) is -2.05. The second kappa shape index (κ2) is 10.9. The van der Waals surface area contributed by atoms with Crippen LogP contribution in [0.3, 0.4) is 0 Å². The van der Waals surface area contributed by atoms with E-state index in [9.17, 15) is 22.8 Å².